The summed E-state index contributed by atoms with van der Waals surface area (Å²) in [6.45, 7) is 4.20. The molecule has 0 radical (unpaired) electrons. The maximum atomic E-state index is 10.9. The minimum atomic E-state index is 0.347. The van der Waals surface area contributed by atoms with Crippen LogP contribution in [0.2, 0.25) is 0 Å². The molecule has 0 saturated heterocycles. The van der Waals surface area contributed by atoms with Crippen molar-refractivity contribution in [1.82, 2.24) is 9.78 Å². The van der Waals surface area contributed by atoms with Crippen LogP contribution in [0.5, 0.6) is 0 Å². The Bertz CT molecular complexity index is 337. The standard InChI is InChI=1S/C11H16N2O/c1-8(2)13-11(9-4-3-5-9)10(7-14)6-12-13/h6-9H,3-5H2,1-2H3. The average Bonchev–Trinajstić information content (AvgIpc) is 2.45. The first kappa shape index (κ1) is 9.44. The Balaban J connectivity index is 2.39. The van der Waals surface area contributed by atoms with Gasteiger partial charge >= 0.3 is 0 Å². The van der Waals surface area contributed by atoms with Crippen molar-refractivity contribution in [2.24, 2.45) is 0 Å². The lowest BCUT2D eigenvalue weighted by Gasteiger charge is -2.27. The van der Waals surface area contributed by atoms with E-state index in [2.05, 4.69) is 18.9 Å². The molecule has 1 aromatic heterocycles. The highest BCUT2D eigenvalue weighted by molar-refractivity contribution is 5.76. The average molecular weight is 192 g/mol. The Morgan fingerprint density at radius 3 is 2.71 bits per heavy atom. The van der Waals surface area contributed by atoms with Gasteiger partial charge in [-0.3, -0.25) is 9.48 Å². The van der Waals surface area contributed by atoms with Gasteiger partial charge in [0.1, 0.15) is 0 Å². The first-order valence-electron chi connectivity index (χ1n) is 5.26. The Morgan fingerprint density at radius 2 is 2.29 bits per heavy atom. The molecule has 1 aliphatic rings. The molecule has 0 atom stereocenters. The fourth-order valence-electron chi connectivity index (χ4n) is 1.99. The van der Waals surface area contributed by atoms with Gasteiger partial charge in [-0.25, -0.2) is 0 Å². The Kier molecular flexibility index (Phi) is 2.40. The van der Waals surface area contributed by atoms with Gasteiger partial charge in [-0.1, -0.05) is 6.42 Å². The number of nitrogens with zero attached hydrogens (tertiary/aromatic N) is 2. The predicted octanol–water partition coefficient (Wildman–Crippen LogP) is 2.54. The largest absolute Gasteiger partial charge is 0.298 e. The molecule has 0 unspecified atom stereocenters. The minimum Gasteiger partial charge on any atom is -0.298 e. The van der Waals surface area contributed by atoms with Crippen molar-refractivity contribution in [1.29, 1.82) is 0 Å². The lowest BCUT2D eigenvalue weighted by Crippen LogP contribution is -2.17. The summed E-state index contributed by atoms with van der Waals surface area (Å²) in [6, 6.07) is 0.347. The third kappa shape index (κ3) is 1.37. The molecule has 2 rings (SSSR count). The van der Waals surface area contributed by atoms with Crippen LogP contribution in [0.1, 0.15) is 61.1 Å². The molecule has 1 aromatic rings. The number of aromatic nitrogens is 2. The number of carbonyl (C=O) groups is 1. The maximum absolute atomic E-state index is 10.9. The molecular formula is C11H16N2O. The second-order valence-corrected chi connectivity index (χ2v) is 4.27. The predicted molar refractivity (Wildman–Crippen MR) is 54.6 cm³/mol. The Labute approximate surface area is 84.1 Å². The number of rotatable bonds is 3. The summed E-state index contributed by atoms with van der Waals surface area (Å²) in [5.74, 6) is 0.570. The molecule has 1 heterocycles. The zero-order valence-corrected chi connectivity index (χ0v) is 8.73. The number of aldehydes is 1. The Hall–Kier alpha value is -1.12. The first-order valence-corrected chi connectivity index (χ1v) is 5.26. The molecule has 0 spiro atoms. The topological polar surface area (TPSA) is 34.9 Å². The summed E-state index contributed by atoms with van der Waals surface area (Å²) >= 11 is 0. The van der Waals surface area contributed by atoms with Crippen LogP contribution in [-0.2, 0) is 0 Å². The number of hydrogen-bond donors (Lipinski definition) is 0. The molecule has 76 valence electrons. The maximum Gasteiger partial charge on any atom is 0.153 e. The van der Waals surface area contributed by atoms with Crippen molar-refractivity contribution < 1.29 is 4.79 Å². The molecule has 0 amide bonds. The molecule has 1 saturated carbocycles. The van der Waals surface area contributed by atoms with E-state index in [9.17, 15) is 4.79 Å². The van der Waals surface area contributed by atoms with Gasteiger partial charge in [-0.05, 0) is 26.7 Å². The van der Waals surface area contributed by atoms with E-state index in [1.807, 2.05) is 4.68 Å². The second-order valence-electron chi connectivity index (χ2n) is 4.27. The Morgan fingerprint density at radius 1 is 1.57 bits per heavy atom. The molecule has 0 aromatic carbocycles. The highest BCUT2D eigenvalue weighted by atomic mass is 16.1. The third-order valence-electron chi connectivity index (χ3n) is 2.97. The third-order valence-corrected chi connectivity index (χ3v) is 2.97. The van der Waals surface area contributed by atoms with E-state index < -0.39 is 0 Å². The van der Waals surface area contributed by atoms with Crippen molar-refractivity contribution in [3.8, 4) is 0 Å². The van der Waals surface area contributed by atoms with Crippen LogP contribution in [0, 0.1) is 0 Å². The summed E-state index contributed by atoms with van der Waals surface area (Å²) in [5.41, 5.74) is 1.93. The van der Waals surface area contributed by atoms with Crippen LogP contribution in [0.4, 0.5) is 0 Å². The smallest absolute Gasteiger partial charge is 0.153 e. The van der Waals surface area contributed by atoms with Crippen LogP contribution >= 0.6 is 0 Å². The monoisotopic (exact) mass is 192 g/mol. The molecule has 1 fully saturated rings. The second kappa shape index (κ2) is 3.56. The number of hydrogen-bond acceptors (Lipinski definition) is 2. The molecular weight excluding hydrogens is 176 g/mol. The van der Waals surface area contributed by atoms with Crippen molar-refractivity contribution >= 4 is 6.29 Å². The van der Waals surface area contributed by atoms with Gasteiger partial charge in [0.15, 0.2) is 6.29 Å². The molecule has 1 aliphatic carbocycles. The molecule has 0 N–H and O–H groups in total. The fraction of sp³-hybridized carbons (Fsp3) is 0.636. The van der Waals surface area contributed by atoms with E-state index in [4.69, 9.17) is 0 Å². The van der Waals surface area contributed by atoms with Gasteiger partial charge < -0.3 is 0 Å². The summed E-state index contributed by atoms with van der Waals surface area (Å²) in [5, 5.41) is 4.27. The summed E-state index contributed by atoms with van der Waals surface area (Å²) in [6.07, 6.45) is 6.32. The van der Waals surface area contributed by atoms with E-state index >= 15 is 0 Å². The van der Waals surface area contributed by atoms with Gasteiger partial charge in [0.05, 0.1) is 17.5 Å². The molecule has 14 heavy (non-hydrogen) atoms. The minimum absolute atomic E-state index is 0.347. The van der Waals surface area contributed by atoms with E-state index in [0.717, 1.165) is 17.5 Å². The van der Waals surface area contributed by atoms with Crippen molar-refractivity contribution in [3.63, 3.8) is 0 Å². The highest BCUT2D eigenvalue weighted by Gasteiger charge is 2.26. The van der Waals surface area contributed by atoms with Crippen molar-refractivity contribution in [2.45, 2.75) is 45.1 Å². The first-order chi connectivity index (χ1) is 6.74. The fourth-order valence-corrected chi connectivity index (χ4v) is 1.99. The van der Waals surface area contributed by atoms with E-state index in [-0.39, 0.29) is 0 Å². The van der Waals surface area contributed by atoms with Crippen molar-refractivity contribution in [2.75, 3.05) is 0 Å². The highest BCUT2D eigenvalue weighted by Crippen LogP contribution is 2.38. The quantitative estimate of drug-likeness (QED) is 0.690. The van der Waals surface area contributed by atoms with E-state index in [1.165, 1.54) is 19.3 Å². The van der Waals surface area contributed by atoms with Crippen LogP contribution in [0.15, 0.2) is 6.20 Å². The van der Waals surface area contributed by atoms with Gasteiger partial charge in [-0.15, -0.1) is 0 Å². The summed E-state index contributed by atoms with van der Waals surface area (Å²) in [7, 11) is 0. The van der Waals surface area contributed by atoms with Crippen LogP contribution in [0.3, 0.4) is 0 Å². The number of carbonyl (C=O) groups excluding carboxylic acids is 1. The lowest BCUT2D eigenvalue weighted by atomic mass is 9.81. The molecule has 3 nitrogen and oxygen atoms in total. The zero-order valence-electron chi connectivity index (χ0n) is 8.73. The van der Waals surface area contributed by atoms with Crippen LogP contribution in [0.25, 0.3) is 0 Å². The van der Waals surface area contributed by atoms with Crippen molar-refractivity contribution in [3.05, 3.63) is 17.5 Å². The van der Waals surface area contributed by atoms with Gasteiger partial charge in [0.25, 0.3) is 0 Å². The molecule has 0 aliphatic heterocycles. The van der Waals surface area contributed by atoms with Gasteiger partial charge in [-0.2, -0.15) is 5.10 Å². The van der Waals surface area contributed by atoms with E-state index in [1.54, 1.807) is 6.20 Å². The van der Waals surface area contributed by atoms with Gasteiger partial charge in [0.2, 0.25) is 0 Å². The van der Waals surface area contributed by atoms with Crippen LogP contribution in [-0.4, -0.2) is 16.1 Å². The SMILES string of the molecule is CC(C)n1ncc(C=O)c1C1CCC1. The lowest BCUT2D eigenvalue weighted by molar-refractivity contribution is 0.112. The van der Waals surface area contributed by atoms with Crippen LogP contribution < -0.4 is 0 Å². The summed E-state index contributed by atoms with van der Waals surface area (Å²) < 4.78 is 1.99. The summed E-state index contributed by atoms with van der Waals surface area (Å²) in [4.78, 5) is 10.9. The van der Waals surface area contributed by atoms with E-state index in [0.29, 0.717) is 12.0 Å². The normalized spacial score (nSPS) is 17.1. The molecule has 0 bridgehead atoms. The van der Waals surface area contributed by atoms with Gasteiger partial charge in [0, 0.05) is 12.0 Å². The molecule has 3 heteroatoms. The zero-order chi connectivity index (χ0) is 10.1.